The first-order valence-electron chi connectivity index (χ1n) is 8.17. The summed E-state index contributed by atoms with van der Waals surface area (Å²) in [6, 6.07) is 10.9. The molecule has 0 unspecified atom stereocenters. The molecule has 0 amide bonds. The van der Waals surface area contributed by atoms with Gasteiger partial charge in [0.2, 0.25) is 5.95 Å². The topological polar surface area (TPSA) is 33.1 Å². The lowest BCUT2D eigenvalue weighted by atomic mass is 10.2. The molecule has 0 atom stereocenters. The van der Waals surface area contributed by atoms with Gasteiger partial charge in [-0.15, -0.1) is 0 Å². The number of hydrogen-bond acceptors (Lipinski definition) is 3. The Morgan fingerprint density at radius 1 is 1.16 bits per heavy atom. The zero-order valence-corrected chi connectivity index (χ0v) is 15.8. The summed E-state index contributed by atoms with van der Waals surface area (Å²) < 4.78 is 16.7. The molecule has 0 aliphatic carbocycles. The van der Waals surface area contributed by atoms with Crippen LogP contribution < -0.4 is 10.2 Å². The number of piperazine rings is 1. The third kappa shape index (κ3) is 3.38. The molecule has 0 spiro atoms. The lowest BCUT2D eigenvalue weighted by Gasteiger charge is -2.29. The van der Waals surface area contributed by atoms with Crippen LogP contribution in [0.4, 0.5) is 10.3 Å². The van der Waals surface area contributed by atoms with Crippen LogP contribution in [0.5, 0.6) is 0 Å². The van der Waals surface area contributed by atoms with Gasteiger partial charge in [-0.25, -0.2) is 9.37 Å². The van der Waals surface area contributed by atoms with Crippen molar-refractivity contribution in [3.63, 3.8) is 0 Å². The molecule has 1 N–H and O–H groups in total. The summed E-state index contributed by atoms with van der Waals surface area (Å²) in [4.78, 5) is 7.13. The van der Waals surface area contributed by atoms with Crippen molar-refractivity contribution >= 4 is 44.5 Å². The molecule has 1 fully saturated rings. The van der Waals surface area contributed by atoms with E-state index in [2.05, 4.69) is 36.8 Å². The van der Waals surface area contributed by atoms with E-state index in [0.717, 1.165) is 53.2 Å². The van der Waals surface area contributed by atoms with Gasteiger partial charge in [-0.2, -0.15) is 0 Å². The second-order valence-electron chi connectivity index (χ2n) is 6.12. The molecule has 25 heavy (non-hydrogen) atoms. The smallest absolute Gasteiger partial charge is 0.206 e. The summed E-state index contributed by atoms with van der Waals surface area (Å²) in [7, 11) is 0. The summed E-state index contributed by atoms with van der Waals surface area (Å²) in [6.45, 7) is 4.29. The first-order valence-corrected chi connectivity index (χ1v) is 9.34. The average Bonchev–Trinajstić information content (AvgIpc) is 2.97. The number of halogens is 3. The van der Waals surface area contributed by atoms with Gasteiger partial charge in [0.15, 0.2) is 0 Å². The monoisotopic (exact) mass is 422 g/mol. The molecule has 7 heteroatoms. The van der Waals surface area contributed by atoms with Gasteiger partial charge in [-0.05, 0) is 35.9 Å². The van der Waals surface area contributed by atoms with Crippen molar-refractivity contribution in [3.05, 3.63) is 57.3 Å². The van der Waals surface area contributed by atoms with Crippen LogP contribution in [0.15, 0.2) is 40.9 Å². The van der Waals surface area contributed by atoms with Crippen molar-refractivity contribution in [1.29, 1.82) is 0 Å². The summed E-state index contributed by atoms with van der Waals surface area (Å²) in [5.41, 5.74) is 2.94. The highest BCUT2D eigenvalue weighted by Crippen LogP contribution is 2.28. The zero-order valence-electron chi connectivity index (χ0n) is 13.5. The van der Waals surface area contributed by atoms with Crippen LogP contribution in [-0.2, 0) is 6.54 Å². The Kier molecular flexibility index (Phi) is 4.67. The van der Waals surface area contributed by atoms with Crippen molar-refractivity contribution in [3.8, 4) is 0 Å². The number of benzene rings is 2. The quantitative estimate of drug-likeness (QED) is 0.690. The first-order chi connectivity index (χ1) is 12.1. The summed E-state index contributed by atoms with van der Waals surface area (Å²) in [5.74, 6) is 0.543. The van der Waals surface area contributed by atoms with Gasteiger partial charge in [-0.1, -0.05) is 33.6 Å². The number of fused-ring (bicyclic) bond motifs is 1. The number of hydrogen-bond donors (Lipinski definition) is 1. The molecule has 1 saturated heterocycles. The van der Waals surface area contributed by atoms with E-state index >= 15 is 0 Å². The molecule has 4 rings (SSSR count). The first kappa shape index (κ1) is 16.8. The number of rotatable bonds is 3. The number of imidazole rings is 1. The maximum absolute atomic E-state index is 13.5. The second kappa shape index (κ2) is 6.94. The number of anilines is 1. The lowest BCUT2D eigenvalue weighted by Crippen LogP contribution is -2.44. The highest BCUT2D eigenvalue weighted by molar-refractivity contribution is 9.10. The SMILES string of the molecule is Fc1ccc(Cn2c(N3CCNCC3)nc3ccc(Br)cc32)cc1Cl. The molecular weight excluding hydrogens is 407 g/mol. The molecule has 2 aromatic carbocycles. The molecule has 1 aliphatic rings. The van der Waals surface area contributed by atoms with E-state index in [9.17, 15) is 4.39 Å². The van der Waals surface area contributed by atoms with Crippen LogP contribution in [0, 0.1) is 5.82 Å². The second-order valence-corrected chi connectivity index (χ2v) is 7.44. The van der Waals surface area contributed by atoms with E-state index in [1.54, 1.807) is 12.1 Å². The molecular formula is C18H17BrClFN4. The summed E-state index contributed by atoms with van der Waals surface area (Å²) in [6.07, 6.45) is 0. The fourth-order valence-corrected chi connectivity index (χ4v) is 3.72. The van der Waals surface area contributed by atoms with E-state index in [4.69, 9.17) is 16.6 Å². The molecule has 0 radical (unpaired) electrons. The predicted molar refractivity (Wildman–Crippen MR) is 103 cm³/mol. The Balaban J connectivity index is 1.80. The fraction of sp³-hybridized carbons (Fsp3) is 0.278. The minimum atomic E-state index is -0.397. The normalized spacial score (nSPS) is 15.1. The predicted octanol–water partition coefficient (Wildman–Crippen LogP) is 4.05. The Morgan fingerprint density at radius 3 is 2.72 bits per heavy atom. The summed E-state index contributed by atoms with van der Waals surface area (Å²) in [5, 5.41) is 3.51. The van der Waals surface area contributed by atoms with Crippen molar-refractivity contribution in [2.75, 3.05) is 31.1 Å². The average molecular weight is 424 g/mol. The van der Waals surface area contributed by atoms with Crippen molar-refractivity contribution < 1.29 is 4.39 Å². The molecule has 0 bridgehead atoms. The van der Waals surface area contributed by atoms with Crippen LogP contribution in [0.25, 0.3) is 11.0 Å². The molecule has 1 aromatic heterocycles. The maximum atomic E-state index is 13.5. The van der Waals surface area contributed by atoms with Crippen LogP contribution in [0.2, 0.25) is 5.02 Å². The zero-order chi connectivity index (χ0) is 17.4. The maximum Gasteiger partial charge on any atom is 0.206 e. The van der Waals surface area contributed by atoms with Gasteiger partial charge in [0, 0.05) is 30.7 Å². The number of nitrogens with zero attached hydrogens (tertiary/aromatic N) is 3. The molecule has 1 aliphatic heterocycles. The lowest BCUT2D eigenvalue weighted by molar-refractivity contribution is 0.571. The molecule has 3 aromatic rings. The van der Waals surface area contributed by atoms with Crippen molar-refractivity contribution in [2.24, 2.45) is 0 Å². The third-order valence-electron chi connectivity index (χ3n) is 4.41. The van der Waals surface area contributed by atoms with Crippen molar-refractivity contribution in [1.82, 2.24) is 14.9 Å². The Bertz CT molecular complexity index is 921. The van der Waals surface area contributed by atoms with E-state index in [-0.39, 0.29) is 5.02 Å². The Hall–Kier alpha value is -1.63. The van der Waals surface area contributed by atoms with Crippen LogP contribution >= 0.6 is 27.5 Å². The number of aromatic nitrogens is 2. The van der Waals surface area contributed by atoms with E-state index < -0.39 is 5.82 Å². The fourth-order valence-electron chi connectivity index (χ4n) is 3.17. The van der Waals surface area contributed by atoms with Gasteiger partial charge in [-0.3, -0.25) is 0 Å². The largest absolute Gasteiger partial charge is 0.340 e. The molecule has 0 saturated carbocycles. The van der Waals surface area contributed by atoms with Crippen molar-refractivity contribution in [2.45, 2.75) is 6.54 Å². The third-order valence-corrected chi connectivity index (χ3v) is 5.20. The van der Waals surface area contributed by atoms with Gasteiger partial charge in [0.1, 0.15) is 5.82 Å². The van der Waals surface area contributed by atoms with Gasteiger partial charge >= 0.3 is 0 Å². The van der Waals surface area contributed by atoms with Gasteiger partial charge in [0.25, 0.3) is 0 Å². The van der Waals surface area contributed by atoms with Crippen LogP contribution in [0.3, 0.4) is 0 Å². The standard InChI is InChI=1S/C18H17BrClFN4/c19-13-2-4-16-17(10-13)25(11-12-1-3-15(21)14(20)9-12)18(23-16)24-7-5-22-6-8-24/h1-4,9-10,22H,5-8,11H2. The highest BCUT2D eigenvalue weighted by atomic mass is 79.9. The highest BCUT2D eigenvalue weighted by Gasteiger charge is 2.19. The Labute approximate surface area is 158 Å². The molecule has 4 nitrogen and oxygen atoms in total. The minimum Gasteiger partial charge on any atom is -0.340 e. The van der Waals surface area contributed by atoms with E-state index in [1.807, 2.05) is 12.1 Å². The minimum absolute atomic E-state index is 0.145. The number of nitrogens with one attached hydrogen (secondary N) is 1. The van der Waals surface area contributed by atoms with Crippen LogP contribution in [-0.4, -0.2) is 35.7 Å². The van der Waals surface area contributed by atoms with Gasteiger partial charge in [0.05, 0.1) is 22.6 Å². The van der Waals surface area contributed by atoms with Crippen LogP contribution in [0.1, 0.15) is 5.56 Å². The molecule has 130 valence electrons. The van der Waals surface area contributed by atoms with Gasteiger partial charge < -0.3 is 14.8 Å². The Morgan fingerprint density at radius 2 is 1.96 bits per heavy atom. The van der Waals surface area contributed by atoms with E-state index in [1.165, 1.54) is 6.07 Å². The molecule has 2 heterocycles. The summed E-state index contributed by atoms with van der Waals surface area (Å²) >= 11 is 9.50. The van der Waals surface area contributed by atoms with E-state index in [0.29, 0.717) is 6.54 Å².